The second kappa shape index (κ2) is 24.3. The molecule has 16 aromatic rings. The van der Waals surface area contributed by atoms with E-state index in [1.54, 1.807) is 0 Å². The van der Waals surface area contributed by atoms with E-state index >= 15 is 0 Å². The molecule has 0 atom stereocenters. The number of esters is 1. The standard InChI is InChI=1S/C87H57BN8O2/c97-87(98-56-57-25-6-1-7-26-57)65-48-50-76-69(54-65)68-39-16-19-42-75(68)96(76)77-49-47-63(74-55-73(58-27-8-2-9-28-58)89-83(90-74)59-29-10-3-11-30-59)53-70(77)86-92-84(60-31-12-4-13-32-60)91-85(93-86)64-35-22-33-61(51-64)62-34-23-38-67(52-62)95-79-44-21-18-41-72(79)88-71-40-17-20-43-78(71)94(66-36-14-5-15-37-66)80-45-24-46-81(95)82(80)88/h1-55H,56H2. The molecule has 0 bridgehead atoms. The fraction of sp³-hybridized carbons (Fsp3) is 0.0115. The lowest BCUT2D eigenvalue weighted by Gasteiger charge is -2.44. The number of aromatic nitrogens is 6. The van der Waals surface area contributed by atoms with Gasteiger partial charge >= 0.3 is 5.97 Å². The zero-order valence-electron chi connectivity index (χ0n) is 52.9. The quantitative estimate of drug-likeness (QED) is 0.0825. The van der Waals surface area contributed by atoms with E-state index in [2.05, 4.69) is 208 Å². The van der Waals surface area contributed by atoms with E-state index in [4.69, 9.17) is 29.7 Å². The molecule has 0 unspecified atom stereocenters. The van der Waals surface area contributed by atoms with E-state index in [9.17, 15) is 4.79 Å². The Morgan fingerprint density at radius 1 is 0.327 bits per heavy atom. The van der Waals surface area contributed by atoms with Gasteiger partial charge in [-0.1, -0.05) is 237 Å². The minimum atomic E-state index is -0.404. The van der Waals surface area contributed by atoms with E-state index in [1.807, 2.05) is 140 Å². The third-order valence-corrected chi connectivity index (χ3v) is 18.8. The third-order valence-electron chi connectivity index (χ3n) is 18.8. The second-order valence-electron chi connectivity index (χ2n) is 24.6. The maximum atomic E-state index is 13.9. The van der Waals surface area contributed by atoms with Crippen LogP contribution in [0, 0.1) is 0 Å². The highest BCUT2D eigenvalue weighted by molar-refractivity contribution is 7.00. The molecule has 2 aliphatic heterocycles. The molecule has 18 rings (SSSR count). The number of ether oxygens (including phenoxy) is 1. The molecular formula is C87H57BN8O2. The topological polar surface area (TPSA) is 102 Å². The van der Waals surface area contributed by atoms with Crippen molar-refractivity contribution >= 4 is 85.0 Å². The van der Waals surface area contributed by atoms with Gasteiger partial charge in [0.25, 0.3) is 6.71 Å². The third kappa shape index (κ3) is 10.2. The molecule has 0 fully saturated rings. The molecule has 0 amide bonds. The fourth-order valence-electron chi connectivity index (χ4n) is 14.3. The molecule has 10 nitrogen and oxygen atoms in total. The molecule has 11 heteroatoms. The minimum Gasteiger partial charge on any atom is -0.457 e. The van der Waals surface area contributed by atoms with Crippen molar-refractivity contribution in [2.24, 2.45) is 0 Å². The lowest BCUT2D eigenvalue weighted by molar-refractivity contribution is 0.0473. The second-order valence-corrected chi connectivity index (χ2v) is 24.6. The molecule has 5 heterocycles. The Labute approximate surface area is 566 Å². The smallest absolute Gasteiger partial charge is 0.338 e. The average molecular weight is 1260 g/mol. The maximum absolute atomic E-state index is 13.9. The number of hydrogen-bond donors (Lipinski definition) is 0. The van der Waals surface area contributed by atoms with Gasteiger partial charge in [-0.15, -0.1) is 0 Å². The first-order valence-corrected chi connectivity index (χ1v) is 32.9. The number of benzene rings is 13. The highest BCUT2D eigenvalue weighted by atomic mass is 16.5. The van der Waals surface area contributed by atoms with E-state index in [0.717, 1.165) is 117 Å². The molecule has 0 N–H and O–H groups in total. The van der Waals surface area contributed by atoms with E-state index in [0.29, 0.717) is 28.9 Å². The van der Waals surface area contributed by atoms with Gasteiger partial charge in [-0.3, -0.25) is 0 Å². The molecule has 0 spiro atoms. The van der Waals surface area contributed by atoms with Crippen LogP contribution in [0.5, 0.6) is 0 Å². The van der Waals surface area contributed by atoms with Crippen LogP contribution >= 0.6 is 0 Å². The van der Waals surface area contributed by atoms with Gasteiger partial charge in [0.05, 0.1) is 33.7 Å². The van der Waals surface area contributed by atoms with Crippen LogP contribution < -0.4 is 26.2 Å². The molecule has 0 saturated carbocycles. The lowest BCUT2D eigenvalue weighted by atomic mass is 9.33. The Kier molecular flexibility index (Phi) is 14.3. The van der Waals surface area contributed by atoms with Crippen LogP contribution in [-0.2, 0) is 11.3 Å². The average Bonchev–Trinajstić information content (AvgIpc) is 0.850. The summed E-state index contributed by atoms with van der Waals surface area (Å²) in [4.78, 5) is 45.7. The first kappa shape index (κ1) is 57.5. The maximum Gasteiger partial charge on any atom is 0.338 e. The van der Waals surface area contributed by atoms with Gasteiger partial charge in [0.1, 0.15) is 6.61 Å². The van der Waals surface area contributed by atoms with Crippen molar-refractivity contribution in [1.29, 1.82) is 0 Å². The summed E-state index contributed by atoms with van der Waals surface area (Å²) in [6.07, 6.45) is 0. The Morgan fingerprint density at radius 3 is 1.51 bits per heavy atom. The fourth-order valence-corrected chi connectivity index (χ4v) is 14.3. The number of carbonyl (C=O) groups is 1. The van der Waals surface area contributed by atoms with Gasteiger partial charge in [0.15, 0.2) is 23.3 Å². The van der Waals surface area contributed by atoms with Crippen molar-refractivity contribution in [2.45, 2.75) is 6.61 Å². The van der Waals surface area contributed by atoms with Crippen molar-refractivity contribution in [3.05, 3.63) is 345 Å². The summed E-state index contributed by atoms with van der Waals surface area (Å²) in [5.74, 6) is 1.66. The van der Waals surface area contributed by atoms with Crippen molar-refractivity contribution in [3.8, 4) is 84.9 Å². The molecule has 0 aliphatic carbocycles. The Morgan fingerprint density at radius 2 is 0.816 bits per heavy atom. The van der Waals surface area contributed by atoms with E-state index in [1.165, 1.54) is 22.1 Å². The number of carbonyl (C=O) groups excluding carboxylic acids is 1. The number of fused-ring (bicyclic) bond motifs is 7. The molecule has 3 aromatic heterocycles. The normalized spacial score (nSPS) is 12.1. The highest BCUT2D eigenvalue weighted by Gasteiger charge is 2.43. The van der Waals surface area contributed by atoms with Gasteiger partial charge in [-0.2, -0.15) is 0 Å². The van der Waals surface area contributed by atoms with Crippen molar-refractivity contribution in [2.75, 3.05) is 9.80 Å². The summed E-state index contributed by atoms with van der Waals surface area (Å²) in [5.41, 5.74) is 23.2. The summed E-state index contributed by atoms with van der Waals surface area (Å²) < 4.78 is 8.15. The molecular weight excluding hydrogens is 1200 g/mol. The summed E-state index contributed by atoms with van der Waals surface area (Å²) >= 11 is 0. The van der Waals surface area contributed by atoms with Crippen LogP contribution in [0.4, 0.5) is 34.1 Å². The number of anilines is 6. The molecule has 0 radical (unpaired) electrons. The predicted molar refractivity (Wildman–Crippen MR) is 397 cm³/mol. The minimum absolute atomic E-state index is 0.0275. The van der Waals surface area contributed by atoms with Crippen LogP contribution in [0.25, 0.3) is 107 Å². The van der Waals surface area contributed by atoms with Crippen molar-refractivity contribution in [1.82, 2.24) is 29.5 Å². The number of hydrogen-bond acceptors (Lipinski definition) is 9. The van der Waals surface area contributed by atoms with Crippen LogP contribution in [0.2, 0.25) is 0 Å². The van der Waals surface area contributed by atoms with E-state index < -0.39 is 5.97 Å². The summed E-state index contributed by atoms with van der Waals surface area (Å²) in [6.45, 7) is 0.188. The summed E-state index contributed by atoms with van der Waals surface area (Å²) in [5, 5.41) is 1.85. The van der Waals surface area contributed by atoms with Crippen LogP contribution in [0.15, 0.2) is 334 Å². The number of nitrogens with zero attached hydrogens (tertiary/aromatic N) is 8. The monoisotopic (exact) mass is 1260 g/mol. The van der Waals surface area contributed by atoms with Gasteiger partial charge < -0.3 is 19.1 Å². The van der Waals surface area contributed by atoms with E-state index in [-0.39, 0.29) is 13.3 Å². The van der Waals surface area contributed by atoms with Crippen molar-refractivity contribution < 1.29 is 9.53 Å². The van der Waals surface area contributed by atoms with Gasteiger partial charge in [0.2, 0.25) is 0 Å². The summed E-state index contributed by atoms with van der Waals surface area (Å²) in [7, 11) is 0. The highest BCUT2D eigenvalue weighted by Crippen LogP contribution is 2.46. The van der Waals surface area contributed by atoms with Gasteiger partial charge in [-0.05, 0) is 130 Å². The SMILES string of the molecule is O=C(OCc1ccccc1)c1ccc2c(c1)c1ccccc1n2-c1ccc(-c2cc(-c3ccccc3)nc(-c3ccccc3)n2)cc1-c1nc(-c2ccccc2)nc(-c2cccc(-c3cccc(N4c5ccccc5B5c6ccccc6N(c6ccccc6)c6cccc4c65)c3)c2)n1. The zero-order valence-corrected chi connectivity index (χ0v) is 52.9. The molecule has 460 valence electrons. The molecule has 98 heavy (non-hydrogen) atoms. The largest absolute Gasteiger partial charge is 0.457 e. The van der Waals surface area contributed by atoms with Crippen LogP contribution in [-0.4, -0.2) is 42.2 Å². The number of para-hydroxylation sites is 4. The van der Waals surface area contributed by atoms with Crippen LogP contribution in [0.1, 0.15) is 15.9 Å². The summed E-state index contributed by atoms with van der Waals surface area (Å²) in [6, 6.07) is 115. The first-order valence-electron chi connectivity index (χ1n) is 32.9. The zero-order chi connectivity index (χ0) is 65.0. The number of rotatable bonds is 13. The van der Waals surface area contributed by atoms with Crippen LogP contribution in [0.3, 0.4) is 0 Å². The Hall–Kier alpha value is -13.1. The van der Waals surface area contributed by atoms with Gasteiger partial charge in [0, 0.05) is 78.3 Å². The Balaban J connectivity index is 0.796. The molecule has 13 aromatic carbocycles. The predicted octanol–water partition coefficient (Wildman–Crippen LogP) is 18.9. The molecule has 0 saturated heterocycles. The van der Waals surface area contributed by atoms with Gasteiger partial charge in [-0.25, -0.2) is 29.7 Å². The molecule has 2 aliphatic rings. The van der Waals surface area contributed by atoms with Crippen molar-refractivity contribution in [3.63, 3.8) is 0 Å². The first-order chi connectivity index (χ1) is 48.5. The Bertz CT molecular complexity index is 5700. The lowest BCUT2D eigenvalue weighted by Crippen LogP contribution is -2.61.